The Morgan fingerprint density at radius 3 is 2.56 bits per heavy atom. The fourth-order valence-electron chi connectivity index (χ4n) is 1.59. The quantitative estimate of drug-likeness (QED) is 0.866. The molecule has 0 bridgehead atoms. The smallest absolute Gasteiger partial charge is 0.307 e. The van der Waals surface area contributed by atoms with Crippen molar-refractivity contribution in [1.29, 1.82) is 0 Å². The molecule has 4 nitrogen and oxygen atoms in total. The zero-order valence-corrected chi connectivity index (χ0v) is 10.4. The van der Waals surface area contributed by atoms with Crippen molar-refractivity contribution in [2.45, 2.75) is 12.8 Å². The average Bonchev–Trinajstić information content (AvgIpc) is 2.27. The number of hydrogen-bond acceptors (Lipinski definition) is 2. The Morgan fingerprint density at radius 1 is 1.39 bits per heavy atom. The van der Waals surface area contributed by atoms with Crippen molar-refractivity contribution < 1.29 is 19.1 Å². The van der Waals surface area contributed by atoms with E-state index in [0.717, 1.165) is 0 Å². The predicted molar refractivity (Wildman–Crippen MR) is 64.5 cm³/mol. The summed E-state index contributed by atoms with van der Waals surface area (Å²) in [6.45, 7) is 0. The maximum atomic E-state index is 13.0. The van der Waals surface area contributed by atoms with Crippen LogP contribution in [0.5, 0.6) is 0 Å². The first-order valence-electron chi connectivity index (χ1n) is 5.57. The van der Waals surface area contributed by atoms with Gasteiger partial charge < -0.3 is 10.0 Å². The number of carbonyl (C=O) groups excluding carboxylic acids is 1. The van der Waals surface area contributed by atoms with Gasteiger partial charge in [-0.05, 0) is 24.1 Å². The van der Waals surface area contributed by atoms with Crippen molar-refractivity contribution in [3.63, 3.8) is 0 Å². The number of amides is 1. The van der Waals surface area contributed by atoms with E-state index in [1.807, 2.05) is 0 Å². The van der Waals surface area contributed by atoms with Crippen LogP contribution in [0.25, 0.3) is 0 Å². The van der Waals surface area contributed by atoms with Crippen molar-refractivity contribution in [1.82, 2.24) is 4.90 Å². The van der Waals surface area contributed by atoms with Gasteiger partial charge in [0, 0.05) is 20.5 Å². The summed E-state index contributed by atoms with van der Waals surface area (Å²) in [5.74, 6) is -2.54. The second kappa shape index (κ2) is 6.14. The lowest BCUT2D eigenvalue weighted by Gasteiger charge is -2.15. The second-order valence-corrected chi connectivity index (χ2v) is 4.36. The van der Waals surface area contributed by atoms with Crippen LogP contribution in [0, 0.1) is 11.7 Å². The summed E-state index contributed by atoms with van der Waals surface area (Å²) in [7, 11) is 3.15. The molecule has 1 N–H and O–H groups in total. The van der Waals surface area contributed by atoms with E-state index in [1.54, 1.807) is 20.2 Å². The highest BCUT2D eigenvalue weighted by Crippen LogP contribution is 2.15. The van der Waals surface area contributed by atoms with E-state index in [4.69, 9.17) is 5.11 Å². The van der Waals surface area contributed by atoms with Crippen LogP contribution in [0.4, 0.5) is 4.39 Å². The van der Waals surface area contributed by atoms with Crippen molar-refractivity contribution in [2.75, 3.05) is 14.1 Å². The lowest BCUT2D eigenvalue weighted by molar-refractivity contribution is -0.145. The van der Waals surface area contributed by atoms with Gasteiger partial charge >= 0.3 is 5.97 Å². The first-order chi connectivity index (χ1) is 8.40. The minimum Gasteiger partial charge on any atom is -0.481 e. The SMILES string of the molecule is CN(C)C(=O)CC(Cc1cccc(F)c1)C(=O)O. The molecule has 0 aliphatic rings. The Bertz CT molecular complexity index is 446. The highest BCUT2D eigenvalue weighted by Gasteiger charge is 2.22. The first kappa shape index (κ1) is 14.2. The zero-order valence-electron chi connectivity index (χ0n) is 10.4. The fourth-order valence-corrected chi connectivity index (χ4v) is 1.59. The number of hydrogen-bond donors (Lipinski definition) is 1. The van der Waals surface area contributed by atoms with Gasteiger partial charge in [-0.1, -0.05) is 12.1 Å². The van der Waals surface area contributed by atoms with Crippen LogP contribution in [0.15, 0.2) is 24.3 Å². The summed E-state index contributed by atoms with van der Waals surface area (Å²) in [4.78, 5) is 23.9. The van der Waals surface area contributed by atoms with Gasteiger partial charge in [0.1, 0.15) is 5.82 Å². The van der Waals surface area contributed by atoms with E-state index in [-0.39, 0.29) is 18.7 Å². The maximum absolute atomic E-state index is 13.0. The van der Waals surface area contributed by atoms with Gasteiger partial charge in [-0.15, -0.1) is 0 Å². The van der Waals surface area contributed by atoms with Gasteiger partial charge in [0.2, 0.25) is 5.91 Å². The molecule has 0 radical (unpaired) electrons. The molecule has 98 valence electrons. The fraction of sp³-hybridized carbons (Fsp3) is 0.385. The zero-order chi connectivity index (χ0) is 13.7. The standard InChI is InChI=1S/C13H16FNO3/c1-15(2)12(16)8-10(13(17)18)6-9-4-3-5-11(14)7-9/h3-5,7,10H,6,8H2,1-2H3,(H,17,18). The summed E-state index contributed by atoms with van der Waals surface area (Å²) in [6, 6.07) is 5.76. The van der Waals surface area contributed by atoms with E-state index in [0.29, 0.717) is 5.56 Å². The Morgan fingerprint density at radius 2 is 2.06 bits per heavy atom. The van der Waals surface area contributed by atoms with Gasteiger partial charge in [-0.3, -0.25) is 9.59 Å². The summed E-state index contributed by atoms with van der Waals surface area (Å²) >= 11 is 0. The van der Waals surface area contributed by atoms with Gasteiger partial charge in [-0.2, -0.15) is 0 Å². The van der Waals surface area contributed by atoms with E-state index in [2.05, 4.69) is 0 Å². The van der Waals surface area contributed by atoms with Crippen LogP contribution in [-0.4, -0.2) is 36.0 Å². The largest absolute Gasteiger partial charge is 0.481 e. The second-order valence-electron chi connectivity index (χ2n) is 4.36. The third-order valence-corrected chi connectivity index (χ3v) is 2.64. The molecule has 0 aliphatic heterocycles. The molecule has 0 heterocycles. The normalized spacial score (nSPS) is 11.9. The van der Waals surface area contributed by atoms with Crippen LogP contribution in [0.3, 0.4) is 0 Å². The molecule has 0 spiro atoms. The minimum atomic E-state index is -1.05. The monoisotopic (exact) mass is 253 g/mol. The molecule has 18 heavy (non-hydrogen) atoms. The molecular weight excluding hydrogens is 237 g/mol. The van der Waals surface area contributed by atoms with Gasteiger partial charge in [0.25, 0.3) is 0 Å². The van der Waals surface area contributed by atoms with E-state index in [9.17, 15) is 14.0 Å². The van der Waals surface area contributed by atoms with Crippen LogP contribution >= 0.6 is 0 Å². The molecule has 1 aromatic rings. The number of rotatable bonds is 5. The van der Waals surface area contributed by atoms with Crippen LogP contribution < -0.4 is 0 Å². The molecular formula is C13H16FNO3. The number of aliphatic carboxylic acids is 1. The third-order valence-electron chi connectivity index (χ3n) is 2.64. The number of carboxylic acids is 1. The maximum Gasteiger partial charge on any atom is 0.307 e. The van der Waals surface area contributed by atoms with Gasteiger partial charge in [-0.25, -0.2) is 4.39 Å². The Labute approximate surface area is 105 Å². The van der Waals surface area contributed by atoms with Crippen LogP contribution in [-0.2, 0) is 16.0 Å². The molecule has 0 saturated carbocycles. The highest BCUT2D eigenvalue weighted by molar-refractivity contribution is 5.82. The number of halogens is 1. The molecule has 1 amide bonds. The van der Waals surface area contributed by atoms with Crippen molar-refractivity contribution in [3.05, 3.63) is 35.6 Å². The minimum absolute atomic E-state index is 0.0845. The van der Waals surface area contributed by atoms with E-state index >= 15 is 0 Å². The molecule has 1 aromatic carbocycles. The summed E-state index contributed by atoms with van der Waals surface area (Å²) in [5.41, 5.74) is 0.578. The predicted octanol–water partition coefficient (Wildman–Crippen LogP) is 1.55. The van der Waals surface area contributed by atoms with Gasteiger partial charge in [0.15, 0.2) is 0 Å². The summed E-state index contributed by atoms with van der Waals surface area (Å²) in [6.07, 6.45) is 0.0610. The van der Waals surface area contributed by atoms with Crippen molar-refractivity contribution >= 4 is 11.9 Å². The Balaban J connectivity index is 2.75. The molecule has 1 unspecified atom stereocenters. The highest BCUT2D eigenvalue weighted by atomic mass is 19.1. The molecule has 0 fully saturated rings. The van der Waals surface area contributed by atoms with Crippen molar-refractivity contribution in [2.24, 2.45) is 5.92 Å². The molecule has 5 heteroatoms. The third kappa shape index (κ3) is 4.16. The topological polar surface area (TPSA) is 57.6 Å². The summed E-state index contributed by atoms with van der Waals surface area (Å²) < 4.78 is 13.0. The molecule has 1 atom stereocenters. The number of benzene rings is 1. The summed E-state index contributed by atoms with van der Waals surface area (Å²) in [5, 5.41) is 9.07. The molecule has 0 aliphatic carbocycles. The molecule has 0 saturated heterocycles. The van der Waals surface area contributed by atoms with Gasteiger partial charge in [0.05, 0.1) is 5.92 Å². The lowest BCUT2D eigenvalue weighted by atomic mass is 9.96. The van der Waals surface area contributed by atoms with Crippen LogP contribution in [0.1, 0.15) is 12.0 Å². The number of carbonyl (C=O) groups is 2. The lowest BCUT2D eigenvalue weighted by Crippen LogP contribution is -2.28. The van der Waals surface area contributed by atoms with E-state index in [1.165, 1.54) is 23.1 Å². The molecule has 1 rings (SSSR count). The Hall–Kier alpha value is -1.91. The van der Waals surface area contributed by atoms with Crippen LogP contribution in [0.2, 0.25) is 0 Å². The average molecular weight is 253 g/mol. The Kier molecular flexibility index (Phi) is 4.83. The first-order valence-corrected chi connectivity index (χ1v) is 5.57. The number of nitrogens with zero attached hydrogens (tertiary/aromatic N) is 1. The van der Waals surface area contributed by atoms with E-state index < -0.39 is 17.7 Å². The molecule has 0 aromatic heterocycles. The van der Waals surface area contributed by atoms with Crippen molar-refractivity contribution in [3.8, 4) is 0 Å². The number of carboxylic acid groups (broad SMARTS) is 1.